The van der Waals surface area contributed by atoms with E-state index in [9.17, 15) is 14.7 Å². The summed E-state index contributed by atoms with van der Waals surface area (Å²) in [6.07, 6.45) is 5.09. The van der Waals surface area contributed by atoms with Crippen LogP contribution in [0.3, 0.4) is 0 Å². The Morgan fingerprint density at radius 1 is 1.14 bits per heavy atom. The van der Waals surface area contributed by atoms with E-state index in [1.807, 2.05) is 29.2 Å². The lowest BCUT2D eigenvalue weighted by Crippen LogP contribution is -2.31. The molecule has 1 saturated carbocycles. The van der Waals surface area contributed by atoms with Crippen molar-refractivity contribution in [3.8, 4) is 11.3 Å². The van der Waals surface area contributed by atoms with Gasteiger partial charge < -0.3 is 15.3 Å². The van der Waals surface area contributed by atoms with Crippen molar-refractivity contribution in [3.63, 3.8) is 0 Å². The van der Waals surface area contributed by atoms with Crippen LogP contribution in [0.5, 0.6) is 0 Å². The van der Waals surface area contributed by atoms with Gasteiger partial charge in [-0.05, 0) is 72.9 Å². The molecule has 0 radical (unpaired) electrons. The maximum atomic E-state index is 13.1. The molecule has 1 fully saturated rings. The number of H-pyrrole nitrogens is 1. The molecule has 192 valence electrons. The summed E-state index contributed by atoms with van der Waals surface area (Å²) in [6, 6.07) is 13.5. The quantitative estimate of drug-likeness (QED) is 0.454. The molecule has 2 amide bonds. The van der Waals surface area contributed by atoms with E-state index in [2.05, 4.69) is 35.4 Å². The van der Waals surface area contributed by atoms with Gasteiger partial charge in [0.25, 0.3) is 11.8 Å². The zero-order chi connectivity index (χ0) is 25.8. The molecule has 3 aromatic rings. The Bertz CT molecular complexity index is 1370. The van der Waals surface area contributed by atoms with Crippen LogP contribution in [0.15, 0.2) is 42.5 Å². The first-order chi connectivity index (χ1) is 17.8. The lowest BCUT2D eigenvalue weighted by atomic mass is 9.76. The number of fused-ring (bicyclic) bond motifs is 2. The second kappa shape index (κ2) is 8.84. The van der Waals surface area contributed by atoms with E-state index in [1.54, 1.807) is 12.1 Å². The average molecular weight is 499 g/mol. The van der Waals surface area contributed by atoms with Crippen LogP contribution in [0, 0.1) is 10.8 Å². The summed E-state index contributed by atoms with van der Waals surface area (Å²) in [4.78, 5) is 27.4. The van der Waals surface area contributed by atoms with Gasteiger partial charge in [-0.15, -0.1) is 0 Å². The van der Waals surface area contributed by atoms with Crippen molar-refractivity contribution in [2.24, 2.45) is 10.8 Å². The number of carbonyl (C=O) groups excluding carboxylic acids is 2. The standard InChI is InChI=1S/C30H34N4O3/c1-29(2)10-9-24-25(14-29)32-33-26(24)21-7-8-23-22(13-21)16-34(28(23)37)15-19-3-5-20(6-4-19)27(36)31-17-30(18-35)11-12-30/h3-8,13,35H,9-12,14-18H2,1-2H3,(H,31,36)(H,32,33). The van der Waals surface area contributed by atoms with Crippen molar-refractivity contribution in [3.05, 3.63) is 76.0 Å². The van der Waals surface area contributed by atoms with Crippen LogP contribution in [0.25, 0.3) is 11.3 Å². The Morgan fingerprint density at radius 3 is 2.65 bits per heavy atom. The van der Waals surface area contributed by atoms with Gasteiger partial charge in [0.1, 0.15) is 0 Å². The molecule has 0 bridgehead atoms. The molecule has 7 nitrogen and oxygen atoms in total. The summed E-state index contributed by atoms with van der Waals surface area (Å²) < 4.78 is 0. The Kier molecular flexibility index (Phi) is 5.71. The first kappa shape index (κ1) is 23.9. The highest BCUT2D eigenvalue weighted by Gasteiger charge is 2.42. The number of benzene rings is 2. The molecule has 7 heteroatoms. The van der Waals surface area contributed by atoms with Crippen LogP contribution in [0.2, 0.25) is 0 Å². The van der Waals surface area contributed by atoms with E-state index in [0.29, 0.717) is 30.6 Å². The lowest BCUT2D eigenvalue weighted by Gasteiger charge is -2.29. The fourth-order valence-electron chi connectivity index (χ4n) is 5.66. The summed E-state index contributed by atoms with van der Waals surface area (Å²) in [5, 5.41) is 20.3. The smallest absolute Gasteiger partial charge is 0.254 e. The van der Waals surface area contributed by atoms with Gasteiger partial charge in [0, 0.05) is 53.0 Å². The molecule has 1 aromatic heterocycles. The molecule has 2 heterocycles. The monoisotopic (exact) mass is 498 g/mol. The van der Waals surface area contributed by atoms with Crippen LogP contribution in [-0.4, -0.2) is 45.2 Å². The Hall–Kier alpha value is -3.45. The Balaban J connectivity index is 1.12. The van der Waals surface area contributed by atoms with Crippen molar-refractivity contribution in [2.45, 2.75) is 59.0 Å². The van der Waals surface area contributed by atoms with Crippen molar-refractivity contribution in [1.82, 2.24) is 20.4 Å². The average Bonchev–Trinajstić information content (AvgIpc) is 3.47. The summed E-state index contributed by atoms with van der Waals surface area (Å²) >= 11 is 0. The minimum absolute atomic E-state index is 0.0351. The summed E-state index contributed by atoms with van der Waals surface area (Å²) in [6.45, 7) is 6.28. The van der Waals surface area contributed by atoms with Crippen molar-refractivity contribution >= 4 is 11.8 Å². The molecular formula is C30H34N4O3. The molecule has 3 N–H and O–H groups in total. The molecule has 1 aliphatic heterocycles. The first-order valence-corrected chi connectivity index (χ1v) is 13.2. The molecule has 0 saturated heterocycles. The molecule has 0 atom stereocenters. The molecule has 6 rings (SSSR count). The number of aliphatic hydroxyl groups is 1. The number of hydrogen-bond donors (Lipinski definition) is 3. The molecule has 37 heavy (non-hydrogen) atoms. The number of aliphatic hydroxyl groups excluding tert-OH is 1. The van der Waals surface area contributed by atoms with E-state index >= 15 is 0 Å². The number of rotatable bonds is 7. The van der Waals surface area contributed by atoms with E-state index in [0.717, 1.165) is 60.1 Å². The highest BCUT2D eigenvalue weighted by atomic mass is 16.3. The second-order valence-corrected chi connectivity index (χ2v) is 11.9. The Labute approximate surface area is 217 Å². The topological polar surface area (TPSA) is 98.3 Å². The predicted molar refractivity (Wildman–Crippen MR) is 141 cm³/mol. The zero-order valence-electron chi connectivity index (χ0n) is 21.6. The number of amides is 2. The van der Waals surface area contributed by atoms with Crippen LogP contribution < -0.4 is 5.32 Å². The minimum atomic E-state index is -0.132. The van der Waals surface area contributed by atoms with Gasteiger partial charge in [-0.25, -0.2) is 0 Å². The van der Waals surface area contributed by atoms with Crippen molar-refractivity contribution in [2.75, 3.05) is 13.2 Å². The van der Waals surface area contributed by atoms with Gasteiger partial charge in [0.2, 0.25) is 0 Å². The second-order valence-electron chi connectivity index (χ2n) is 11.9. The van der Waals surface area contributed by atoms with Gasteiger partial charge in [0.15, 0.2) is 0 Å². The van der Waals surface area contributed by atoms with Crippen LogP contribution >= 0.6 is 0 Å². The third kappa shape index (κ3) is 4.57. The van der Waals surface area contributed by atoms with E-state index in [-0.39, 0.29) is 23.8 Å². The van der Waals surface area contributed by atoms with Crippen LogP contribution in [0.4, 0.5) is 0 Å². The molecule has 2 aromatic carbocycles. The summed E-state index contributed by atoms with van der Waals surface area (Å²) in [5.41, 5.74) is 8.16. The maximum absolute atomic E-state index is 13.1. The van der Waals surface area contributed by atoms with Gasteiger partial charge in [0.05, 0.1) is 12.3 Å². The molecule has 0 spiro atoms. The third-order valence-electron chi connectivity index (χ3n) is 8.42. The van der Waals surface area contributed by atoms with Crippen molar-refractivity contribution in [1.29, 1.82) is 0 Å². The normalized spacial score (nSPS) is 18.9. The molecule has 3 aliphatic rings. The highest BCUT2D eigenvalue weighted by molar-refractivity contribution is 5.99. The van der Waals surface area contributed by atoms with Gasteiger partial charge in [-0.2, -0.15) is 5.10 Å². The molecule has 0 unspecified atom stereocenters. The van der Waals surface area contributed by atoms with Crippen LogP contribution in [-0.2, 0) is 25.9 Å². The highest BCUT2D eigenvalue weighted by Crippen LogP contribution is 2.44. The van der Waals surface area contributed by atoms with E-state index in [1.165, 1.54) is 11.3 Å². The van der Waals surface area contributed by atoms with Crippen molar-refractivity contribution < 1.29 is 14.7 Å². The number of aromatic amines is 1. The number of nitrogens with zero attached hydrogens (tertiary/aromatic N) is 2. The van der Waals surface area contributed by atoms with E-state index < -0.39 is 0 Å². The van der Waals surface area contributed by atoms with Gasteiger partial charge in [-0.1, -0.05) is 32.0 Å². The van der Waals surface area contributed by atoms with Crippen LogP contribution in [0.1, 0.15) is 76.2 Å². The van der Waals surface area contributed by atoms with Gasteiger partial charge in [-0.3, -0.25) is 14.7 Å². The predicted octanol–water partition coefficient (Wildman–Crippen LogP) is 4.25. The first-order valence-electron chi connectivity index (χ1n) is 13.2. The number of nitrogens with one attached hydrogen (secondary N) is 2. The fourth-order valence-corrected chi connectivity index (χ4v) is 5.66. The maximum Gasteiger partial charge on any atom is 0.254 e. The third-order valence-corrected chi connectivity index (χ3v) is 8.42. The van der Waals surface area contributed by atoms with E-state index in [4.69, 9.17) is 0 Å². The number of hydrogen-bond acceptors (Lipinski definition) is 4. The summed E-state index contributed by atoms with van der Waals surface area (Å²) in [7, 11) is 0. The zero-order valence-corrected chi connectivity index (χ0v) is 21.6. The molecular weight excluding hydrogens is 464 g/mol. The largest absolute Gasteiger partial charge is 0.396 e. The van der Waals surface area contributed by atoms with Gasteiger partial charge >= 0.3 is 0 Å². The molecule has 2 aliphatic carbocycles. The SMILES string of the molecule is CC1(C)CCc2c(-c3ccc4c(c3)CN(Cc3ccc(C(=O)NCC5(CO)CC5)cc3)C4=O)n[nH]c2C1. The number of aromatic nitrogens is 2. The minimum Gasteiger partial charge on any atom is -0.396 e. The Morgan fingerprint density at radius 2 is 1.92 bits per heavy atom. The summed E-state index contributed by atoms with van der Waals surface area (Å²) in [5.74, 6) is -0.0968. The lowest BCUT2D eigenvalue weighted by molar-refractivity contribution is 0.0766. The fraction of sp³-hybridized carbons (Fsp3) is 0.433. The number of carbonyl (C=O) groups is 2.